The van der Waals surface area contributed by atoms with Crippen molar-refractivity contribution in [3.8, 4) is 5.75 Å². The molecule has 1 fully saturated rings. The Bertz CT molecular complexity index is 1110. The molecule has 2 amide bonds. The molecule has 5 nitrogen and oxygen atoms in total. The number of rotatable bonds is 6. The van der Waals surface area contributed by atoms with Gasteiger partial charge in [-0.05, 0) is 53.0 Å². The number of hydrogen-bond donors (Lipinski definition) is 1. The van der Waals surface area contributed by atoms with E-state index in [1.807, 2.05) is 54.6 Å². The smallest absolute Gasteiger partial charge is 0.285 e. The first-order valence-electron chi connectivity index (χ1n) is 8.99. The minimum atomic E-state index is -0.362. The Hall–Kier alpha value is -2.94. The molecule has 30 heavy (non-hydrogen) atoms. The average molecular weight is 453 g/mol. The second-order valence-corrected chi connectivity index (χ2v) is 8.91. The van der Waals surface area contributed by atoms with E-state index in [0.717, 1.165) is 27.9 Å². The summed E-state index contributed by atoms with van der Waals surface area (Å²) in [6.45, 7) is 0.459. The van der Waals surface area contributed by atoms with Gasteiger partial charge in [0.2, 0.25) is 0 Å². The van der Waals surface area contributed by atoms with E-state index in [1.165, 1.54) is 11.3 Å². The Morgan fingerprint density at radius 1 is 1.10 bits per heavy atom. The first-order chi connectivity index (χ1) is 14.6. The molecule has 8 heteroatoms. The fourth-order valence-corrected chi connectivity index (χ4v) is 4.51. The van der Waals surface area contributed by atoms with Crippen molar-refractivity contribution in [3.63, 3.8) is 0 Å². The van der Waals surface area contributed by atoms with Crippen molar-refractivity contribution in [3.05, 3.63) is 93.0 Å². The SMILES string of the molecule is O=C(NN1C(=O)/C(=C\c2cccc(OCc3ccccc3)c2)SC1=S)c1cccs1. The van der Waals surface area contributed by atoms with Crippen LogP contribution in [0.25, 0.3) is 6.08 Å². The highest BCUT2D eigenvalue weighted by molar-refractivity contribution is 8.26. The molecule has 3 aromatic rings. The van der Waals surface area contributed by atoms with Crippen LogP contribution < -0.4 is 10.2 Å². The summed E-state index contributed by atoms with van der Waals surface area (Å²) >= 11 is 7.72. The average Bonchev–Trinajstić information content (AvgIpc) is 3.38. The number of thiophene rings is 1. The van der Waals surface area contributed by atoms with Crippen LogP contribution in [-0.4, -0.2) is 21.1 Å². The van der Waals surface area contributed by atoms with Gasteiger partial charge in [-0.2, -0.15) is 5.01 Å². The number of hydrazine groups is 1. The van der Waals surface area contributed by atoms with Crippen molar-refractivity contribution in [2.45, 2.75) is 6.61 Å². The van der Waals surface area contributed by atoms with Crippen LogP contribution in [0.4, 0.5) is 0 Å². The minimum absolute atomic E-state index is 0.285. The number of amides is 2. The quantitative estimate of drug-likeness (QED) is 0.427. The number of carbonyl (C=O) groups is 2. The number of hydrogen-bond acceptors (Lipinski definition) is 6. The molecular formula is C22H16N2O3S3. The molecule has 4 rings (SSSR count). The molecule has 0 atom stereocenters. The zero-order valence-electron chi connectivity index (χ0n) is 15.6. The maximum Gasteiger partial charge on any atom is 0.285 e. The summed E-state index contributed by atoms with van der Waals surface area (Å²) in [5.74, 6) is -0.0153. The van der Waals surface area contributed by atoms with Gasteiger partial charge in [0.15, 0.2) is 4.32 Å². The number of nitrogens with one attached hydrogen (secondary N) is 1. The lowest BCUT2D eigenvalue weighted by atomic mass is 10.2. The summed E-state index contributed by atoms with van der Waals surface area (Å²) in [7, 11) is 0. The minimum Gasteiger partial charge on any atom is -0.489 e. The number of ether oxygens (including phenoxy) is 1. The molecule has 0 radical (unpaired) electrons. The summed E-state index contributed by atoms with van der Waals surface area (Å²) in [6, 6.07) is 20.8. The summed E-state index contributed by atoms with van der Waals surface area (Å²) in [4.78, 5) is 25.9. The lowest BCUT2D eigenvalue weighted by Gasteiger charge is -2.14. The fourth-order valence-electron chi connectivity index (χ4n) is 2.71. The predicted molar refractivity (Wildman–Crippen MR) is 124 cm³/mol. The molecule has 0 aliphatic carbocycles. The Morgan fingerprint density at radius 2 is 1.93 bits per heavy atom. The second kappa shape index (κ2) is 9.25. The third kappa shape index (κ3) is 4.79. The third-order valence-corrected chi connectivity index (χ3v) is 6.33. The summed E-state index contributed by atoms with van der Waals surface area (Å²) in [5.41, 5.74) is 4.46. The number of nitrogens with zero attached hydrogens (tertiary/aromatic N) is 1. The highest BCUT2D eigenvalue weighted by Crippen LogP contribution is 2.32. The lowest BCUT2D eigenvalue weighted by molar-refractivity contribution is -0.123. The van der Waals surface area contributed by atoms with Crippen LogP contribution in [0.2, 0.25) is 0 Å². The maximum absolute atomic E-state index is 12.7. The standard InChI is InChI=1S/C22H16N2O3S3/c25-20(18-10-5-11-29-18)23-24-21(26)19(30-22(24)28)13-16-8-4-9-17(12-16)27-14-15-6-2-1-3-7-15/h1-13H,14H2,(H,23,25)/b19-13+. The van der Waals surface area contributed by atoms with Crippen molar-refractivity contribution in [1.29, 1.82) is 0 Å². The Morgan fingerprint density at radius 3 is 2.70 bits per heavy atom. The van der Waals surface area contributed by atoms with Gasteiger partial charge in [0.1, 0.15) is 12.4 Å². The number of thiocarbonyl (C=S) groups is 1. The molecular weight excluding hydrogens is 436 g/mol. The summed E-state index contributed by atoms with van der Waals surface area (Å²) < 4.78 is 6.13. The van der Waals surface area contributed by atoms with Gasteiger partial charge in [0.25, 0.3) is 11.8 Å². The van der Waals surface area contributed by atoms with E-state index in [-0.39, 0.29) is 16.1 Å². The van der Waals surface area contributed by atoms with Crippen LogP contribution in [0.3, 0.4) is 0 Å². The van der Waals surface area contributed by atoms with Crippen molar-refractivity contribution in [2.24, 2.45) is 0 Å². The van der Waals surface area contributed by atoms with Crippen LogP contribution in [0.15, 0.2) is 77.0 Å². The van der Waals surface area contributed by atoms with Gasteiger partial charge in [-0.25, -0.2) is 0 Å². The zero-order chi connectivity index (χ0) is 20.9. The Balaban J connectivity index is 1.45. The van der Waals surface area contributed by atoms with Crippen molar-refractivity contribution < 1.29 is 14.3 Å². The highest BCUT2D eigenvalue weighted by atomic mass is 32.2. The summed E-state index contributed by atoms with van der Waals surface area (Å²) in [5, 5.41) is 2.91. The van der Waals surface area contributed by atoms with E-state index in [2.05, 4.69) is 5.43 Å². The molecule has 1 aliphatic heterocycles. The Kier molecular flexibility index (Phi) is 6.27. The van der Waals surface area contributed by atoms with Gasteiger partial charge in [-0.3, -0.25) is 15.0 Å². The van der Waals surface area contributed by atoms with Gasteiger partial charge >= 0.3 is 0 Å². The molecule has 1 aliphatic rings. The van der Waals surface area contributed by atoms with Gasteiger partial charge in [-0.15, -0.1) is 11.3 Å². The molecule has 1 aromatic heterocycles. The second-order valence-electron chi connectivity index (χ2n) is 6.28. The fraction of sp³-hybridized carbons (Fsp3) is 0.0455. The van der Waals surface area contributed by atoms with Crippen molar-refractivity contribution >= 4 is 57.5 Å². The molecule has 0 bridgehead atoms. The van der Waals surface area contributed by atoms with E-state index in [0.29, 0.717) is 22.1 Å². The van der Waals surface area contributed by atoms with Gasteiger partial charge in [-0.1, -0.05) is 60.3 Å². The van der Waals surface area contributed by atoms with E-state index < -0.39 is 0 Å². The van der Waals surface area contributed by atoms with Crippen molar-refractivity contribution in [2.75, 3.05) is 0 Å². The number of thioether (sulfide) groups is 1. The van der Waals surface area contributed by atoms with Gasteiger partial charge in [0, 0.05) is 0 Å². The molecule has 0 saturated carbocycles. The highest BCUT2D eigenvalue weighted by Gasteiger charge is 2.33. The zero-order valence-corrected chi connectivity index (χ0v) is 18.1. The number of benzene rings is 2. The first kappa shape index (κ1) is 20.3. The van der Waals surface area contributed by atoms with E-state index in [4.69, 9.17) is 17.0 Å². The number of carbonyl (C=O) groups excluding carboxylic acids is 2. The topological polar surface area (TPSA) is 58.6 Å². The molecule has 150 valence electrons. The normalized spacial score (nSPS) is 14.9. The Labute approximate surface area is 187 Å². The van der Waals surface area contributed by atoms with E-state index in [9.17, 15) is 9.59 Å². The van der Waals surface area contributed by atoms with Gasteiger partial charge < -0.3 is 4.74 Å². The first-order valence-corrected chi connectivity index (χ1v) is 11.1. The lowest BCUT2D eigenvalue weighted by Crippen LogP contribution is -2.44. The maximum atomic E-state index is 12.7. The van der Waals surface area contributed by atoms with Gasteiger partial charge in [0.05, 0.1) is 9.78 Å². The molecule has 1 saturated heterocycles. The van der Waals surface area contributed by atoms with E-state index >= 15 is 0 Å². The van der Waals surface area contributed by atoms with Crippen LogP contribution in [0.5, 0.6) is 5.75 Å². The van der Waals surface area contributed by atoms with Crippen LogP contribution in [-0.2, 0) is 11.4 Å². The molecule has 0 unspecified atom stereocenters. The predicted octanol–water partition coefficient (Wildman–Crippen LogP) is 4.87. The molecule has 2 heterocycles. The molecule has 0 spiro atoms. The van der Waals surface area contributed by atoms with Crippen molar-refractivity contribution in [1.82, 2.24) is 10.4 Å². The third-order valence-electron chi connectivity index (χ3n) is 4.16. The largest absolute Gasteiger partial charge is 0.489 e. The summed E-state index contributed by atoms with van der Waals surface area (Å²) in [6.07, 6.45) is 1.74. The van der Waals surface area contributed by atoms with Crippen LogP contribution in [0, 0.1) is 0 Å². The monoisotopic (exact) mass is 452 g/mol. The van der Waals surface area contributed by atoms with Crippen LogP contribution in [0.1, 0.15) is 20.8 Å². The van der Waals surface area contributed by atoms with Crippen LogP contribution >= 0.6 is 35.3 Å². The van der Waals surface area contributed by atoms with E-state index in [1.54, 1.807) is 23.6 Å². The molecule has 1 N–H and O–H groups in total. The molecule has 2 aromatic carbocycles.